The number of halogens is 4. The molecule has 15 rings (SSSR count). The minimum atomic E-state index is -0.863. The fourth-order valence-electron chi connectivity index (χ4n) is 13.6. The smallest absolute Gasteiger partial charge is 0.280 e. The van der Waals surface area contributed by atoms with Gasteiger partial charge in [0.05, 0.1) is 123 Å². The van der Waals surface area contributed by atoms with E-state index in [1.807, 2.05) is 81.4 Å². The normalized spacial score (nSPS) is 11.3. The van der Waals surface area contributed by atoms with E-state index in [1.165, 1.54) is 122 Å². The van der Waals surface area contributed by atoms with Crippen LogP contribution in [0.1, 0.15) is 105 Å². The predicted molar refractivity (Wildman–Crippen MR) is 536 cm³/mol. The first-order valence-corrected chi connectivity index (χ1v) is 47.8. The number of aldehydes is 4. The second kappa shape index (κ2) is 46.1. The molecule has 710 valence electrons. The lowest BCUT2D eigenvalue weighted by Gasteiger charge is -2.22. The van der Waals surface area contributed by atoms with Crippen LogP contribution in [0.3, 0.4) is 0 Å². The summed E-state index contributed by atoms with van der Waals surface area (Å²) >= 11 is 31.3. The third-order valence-electron chi connectivity index (χ3n) is 20.5. The van der Waals surface area contributed by atoms with Crippen molar-refractivity contribution >= 4 is 170 Å². The van der Waals surface area contributed by atoms with Gasteiger partial charge in [-0.15, -0.1) is 57.1 Å². The maximum atomic E-state index is 13.6. The first-order valence-electron chi connectivity index (χ1n) is 42.0. The van der Waals surface area contributed by atoms with Gasteiger partial charge in [-0.2, -0.15) is 39.1 Å². The van der Waals surface area contributed by atoms with Crippen molar-refractivity contribution in [2.45, 2.75) is 119 Å². The number of aliphatic hydroxyl groups is 1. The molecule has 13 heterocycles. The Kier molecular flexibility index (Phi) is 34.6. The lowest BCUT2D eigenvalue weighted by Crippen LogP contribution is -2.35. The topological polar surface area (TPSA) is 404 Å². The Bertz CT molecular complexity index is 7170. The van der Waals surface area contributed by atoms with Crippen molar-refractivity contribution in [2.24, 2.45) is 16.2 Å². The van der Waals surface area contributed by atoms with Gasteiger partial charge in [0.15, 0.2) is 5.88 Å². The van der Waals surface area contributed by atoms with Crippen LogP contribution in [0.15, 0.2) is 225 Å². The molecule has 0 spiro atoms. The van der Waals surface area contributed by atoms with Crippen molar-refractivity contribution in [2.75, 3.05) is 36.8 Å². The molecule has 0 aliphatic heterocycles. The van der Waals surface area contributed by atoms with Crippen LogP contribution in [-0.4, -0.2) is 142 Å². The number of nitrogens with one attached hydrogen (secondary N) is 3. The molecule has 0 aliphatic carbocycles. The molecule has 13 aromatic heterocycles. The van der Waals surface area contributed by atoms with E-state index < -0.39 is 38.8 Å². The molecule has 0 unspecified atom stereocenters. The zero-order valence-corrected chi connectivity index (χ0v) is 82.5. The summed E-state index contributed by atoms with van der Waals surface area (Å²) < 4.78 is 22.9. The van der Waals surface area contributed by atoms with E-state index in [0.717, 1.165) is 35.2 Å². The number of aromatic nitrogens is 13. The number of hydrogen-bond acceptors (Lipinski definition) is 29. The maximum Gasteiger partial charge on any atom is 0.280 e. The third kappa shape index (κ3) is 25.4. The van der Waals surface area contributed by atoms with Gasteiger partial charge in [0.2, 0.25) is 5.88 Å². The molecule has 137 heavy (non-hydrogen) atoms. The number of methoxy groups -OCH3 is 2. The average Bonchev–Trinajstić information content (AvgIpc) is 1.68. The lowest BCUT2D eigenvalue weighted by molar-refractivity contribution is -0.109. The summed E-state index contributed by atoms with van der Waals surface area (Å²) in [6.45, 7) is 14.9. The zero-order valence-electron chi connectivity index (χ0n) is 75.4. The Morgan fingerprint density at radius 1 is 0.467 bits per heavy atom. The summed E-state index contributed by atoms with van der Waals surface area (Å²) in [5.41, 5.74) is 1.99. The molecule has 0 saturated heterocycles. The Morgan fingerprint density at radius 3 is 1.49 bits per heavy atom. The summed E-state index contributed by atoms with van der Waals surface area (Å²) in [6.07, 6.45) is 7.29. The highest BCUT2D eigenvalue weighted by Crippen LogP contribution is 2.38. The number of thioether (sulfide) groups is 1. The van der Waals surface area contributed by atoms with Gasteiger partial charge in [0.25, 0.3) is 45.9 Å². The summed E-state index contributed by atoms with van der Waals surface area (Å²) in [5, 5.41) is 48.1. The van der Waals surface area contributed by atoms with E-state index in [4.69, 9.17) is 55.9 Å². The van der Waals surface area contributed by atoms with Crippen molar-refractivity contribution in [3.05, 3.63) is 290 Å². The van der Waals surface area contributed by atoms with Crippen molar-refractivity contribution in [3.63, 3.8) is 0 Å². The van der Waals surface area contributed by atoms with Crippen LogP contribution in [-0.2, 0) is 82.1 Å². The average molecular weight is 2030 g/mol. The number of benzene rings is 2. The molecule has 0 saturated carbocycles. The van der Waals surface area contributed by atoms with Crippen molar-refractivity contribution in [1.29, 1.82) is 0 Å². The third-order valence-corrected chi connectivity index (χ3v) is 26.6. The van der Waals surface area contributed by atoms with Crippen molar-refractivity contribution in [1.82, 2.24) is 62.4 Å². The fourth-order valence-corrected chi connectivity index (χ4v) is 18.8. The number of rotatable bonds is 32. The number of pyridine rings is 5. The zero-order chi connectivity index (χ0) is 98.7. The van der Waals surface area contributed by atoms with Crippen LogP contribution in [0.4, 0.5) is 17.5 Å². The molecule has 0 bridgehead atoms. The SMILES string of the molecule is CC(C)(C)C(=O)n1nc(-c2cc(-c3ccccc3)cn(CC=O)c2=O)cc1SCc1ccc(Cl)s1.CC(C)(C)C(=O)n1nc(-c2ccc(=O)n(CC=O)c2O)cc1NCc1ccc(Cl)s1.COCC(C)(C)C(=O)n1nc(-c2ccc(OC)n(CC=O)c2=O)cc1NCc1ccc(Cl)s1.O=CCn1ccc(-c2ccccn2)c(-c2cc(NCc3ccc(Cl)s3)n(C(=O)c3ccc(CO)cc3)n2)c1=O. The van der Waals surface area contributed by atoms with Gasteiger partial charge in [-0.1, -0.05) is 136 Å². The van der Waals surface area contributed by atoms with E-state index in [0.29, 0.717) is 124 Å². The maximum absolute atomic E-state index is 13.6. The minimum absolute atomic E-state index is 0.0745. The Morgan fingerprint density at radius 2 is 0.964 bits per heavy atom. The Labute approximate surface area is 824 Å². The molecule has 0 aliphatic rings. The van der Waals surface area contributed by atoms with Crippen LogP contribution >= 0.6 is 104 Å². The molecule has 41 heteroatoms. The number of nitrogens with zero attached hydrogens (tertiary/aromatic N) is 13. The van der Waals surface area contributed by atoms with Crippen LogP contribution < -0.4 is 42.9 Å². The molecular weight excluding hydrogens is 1940 g/mol. The highest BCUT2D eigenvalue weighted by Gasteiger charge is 2.35. The molecule has 5 N–H and O–H groups in total. The number of carbonyl (C=O) groups excluding carboxylic acids is 8. The molecular formula is C96H92Cl4N16O16S5. The van der Waals surface area contributed by atoms with Crippen molar-refractivity contribution < 1.29 is 58.0 Å². The van der Waals surface area contributed by atoms with Gasteiger partial charge in [-0.25, -0.2) is 0 Å². The Hall–Kier alpha value is -13.2. The molecule has 0 amide bonds. The van der Waals surface area contributed by atoms with Crippen LogP contribution in [0.5, 0.6) is 11.8 Å². The summed E-state index contributed by atoms with van der Waals surface area (Å²) in [5.74, 6) is 0.527. The number of hydrogen-bond donors (Lipinski definition) is 5. The van der Waals surface area contributed by atoms with Gasteiger partial charge in [0, 0.05) is 97.2 Å². The van der Waals surface area contributed by atoms with Crippen LogP contribution in [0.2, 0.25) is 17.3 Å². The summed E-state index contributed by atoms with van der Waals surface area (Å²) in [6, 6.07) is 52.2. The largest absolute Gasteiger partial charge is 0.494 e. The lowest BCUT2D eigenvalue weighted by atomic mass is 9.94. The van der Waals surface area contributed by atoms with E-state index in [-0.39, 0.29) is 108 Å². The van der Waals surface area contributed by atoms with Gasteiger partial charge in [-0.3, -0.25) is 52.5 Å². The number of ether oxygens (including phenoxy) is 2. The monoisotopic (exact) mass is 2020 g/mol. The predicted octanol–water partition coefficient (Wildman–Crippen LogP) is 17.9. The second-order valence-electron chi connectivity index (χ2n) is 33.0. The fraction of sp³-hybridized carbons (Fsp3) is 0.240. The summed E-state index contributed by atoms with van der Waals surface area (Å²) in [4.78, 5) is 158. The number of anilines is 3. The van der Waals surface area contributed by atoms with E-state index >= 15 is 0 Å². The molecule has 15 aromatic rings. The summed E-state index contributed by atoms with van der Waals surface area (Å²) in [7, 11) is 2.94. The number of aromatic hydroxyl groups is 1. The molecule has 0 radical (unpaired) electrons. The molecule has 2 aromatic carbocycles. The van der Waals surface area contributed by atoms with Crippen LogP contribution in [0.25, 0.3) is 67.4 Å². The highest BCUT2D eigenvalue weighted by atomic mass is 35.5. The molecule has 0 fully saturated rings. The van der Waals surface area contributed by atoms with E-state index in [9.17, 15) is 67.7 Å². The molecule has 0 atom stereocenters. The number of thiophene rings is 4. The van der Waals surface area contributed by atoms with Gasteiger partial charge >= 0.3 is 0 Å². The van der Waals surface area contributed by atoms with Gasteiger partial charge < -0.3 is 63.9 Å². The van der Waals surface area contributed by atoms with Gasteiger partial charge in [0.1, 0.15) is 64.7 Å². The van der Waals surface area contributed by atoms with E-state index in [2.05, 4.69) is 41.3 Å². The molecule has 32 nitrogen and oxygen atoms in total. The standard InChI is InChI=1S/C28H22ClN5O4S.C26H24ClN3O3S2.C22H25ClN4O5S.C20H21ClN4O4S/c29-24-9-8-20(39-24)16-31-25-15-23(32-34(25)27(37)19-6-4-18(17-36)5-7-19)26-21(22-3-1-2-11-30-22)10-12-33(13-14-35)28(26)38;1-26(2,3)25(33)30-23(34-16-19-9-10-22(27)35-19)14-21(28-30)20-13-18(17-7-5-4-6-8-17)15-29(11-12-31)24(20)32;1-22(2,13-31-3)21(30)27-18(24-12-14-5-7-17(23)33-14)11-16(25-27)15-6-8-19(32-4)26(9-10-28)20(15)29;1-20(2,3)19(29)25-16(22-11-12-4-6-15(21)30-12)10-14(23-25)13-5-7-17(27)24(8-9-26)18(13)28/h1-12,14-15,31,36H,13,16-17H2;4-10,12-15H,11,16H2,1-3H3;5-8,10-11,24H,9,12-13H2,1-4H3;4-7,9-10,22,28H,8,11H2,1-3H3. The number of aliphatic hydroxyl groups excluding tert-OH is 1. The van der Waals surface area contributed by atoms with Crippen molar-refractivity contribution in [3.8, 4) is 79.2 Å². The quantitative estimate of drug-likeness (QED) is 0.0193. The first-order chi connectivity index (χ1) is 65.5. The highest BCUT2D eigenvalue weighted by molar-refractivity contribution is 7.98. The van der Waals surface area contributed by atoms with Crippen LogP contribution in [0, 0.1) is 16.2 Å². The Balaban J connectivity index is 0.000000165. The van der Waals surface area contributed by atoms with Gasteiger partial charge in [-0.05, 0) is 140 Å². The number of carbonyl (C=O) groups is 8. The van der Waals surface area contributed by atoms with E-state index in [1.54, 1.807) is 156 Å². The first kappa shape index (κ1) is 103. The minimum Gasteiger partial charge on any atom is -0.494 e. The second-order valence-corrected chi connectivity index (χ2v) is 41.2.